The van der Waals surface area contributed by atoms with Crippen LogP contribution in [0.25, 0.3) is 0 Å². The fourth-order valence-electron chi connectivity index (χ4n) is 4.39. The number of nitro groups is 1. The van der Waals surface area contributed by atoms with Crippen molar-refractivity contribution in [3.8, 4) is 0 Å². The van der Waals surface area contributed by atoms with Crippen LogP contribution in [0.15, 0.2) is 100 Å². The summed E-state index contributed by atoms with van der Waals surface area (Å²) in [5.74, 6) is -1.23. The molecular weight excluding hydrogens is 710 g/mol. The first-order valence-corrected chi connectivity index (χ1v) is 18.2. The largest absolute Gasteiger partial charge is 0.443 e. The summed E-state index contributed by atoms with van der Waals surface area (Å²) in [6.07, 6.45) is -3.82. The van der Waals surface area contributed by atoms with Gasteiger partial charge < -0.3 is 4.74 Å². The summed E-state index contributed by atoms with van der Waals surface area (Å²) in [6, 6.07) is 14.5. The highest BCUT2D eigenvalue weighted by atomic mass is 32.2. The van der Waals surface area contributed by atoms with Crippen molar-refractivity contribution in [2.45, 2.75) is 60.1 Å². The van der Waals surface area contributed by atoms with E-state index in [1.54, 1.807) is 19.1 Å². The van der Waals surface area contributed by atoms with Crippen LogP contribution in [-0.4, -0.2) is 59.0 Å². The lowest BCUT2D eigenvalue weighted by atomic mass is 10.1. The fourth-order valence-corrected chi connectivity index (χ4v) is 8.04. The van der Waals surface area contributed by atoms with Gasteiger partial charge >= 0.3 is 12.3 Å². The molecule has 1 atom stereocenters. The van der Waals surface area contributed by atoms with Gasteiger partial charge in [-0.3, -0.25) is 10.1 Å². The molecule has 0 spiro atoms. The number of hydrogen-bond donors (Lipinski definition) is 0. The Bertz CT molecular complexity index is 2040. The lowest BCUT2D eigenvalue weighted by Gasteiger charge is -2.29. The lowest BCUT2D eigenvalue weighted by Crippen LogP contribution is -2.43. The Morgan fingerprint density at radius 1 is 1.00 bits per heavy atom. The number of thioether (sulfide) groups is 1. The zero-order valence-corrected chi connectivity index (χ0v) is 28.9. The second-order valence-corrected chi connectivity index (χ2v) is 16.5. The smallest absolute Gasteiger partial charge is 0.424 e. The number of alkyl halides is 3. The molecule has 1 heterocycles. The Morgan fingerprint density at radius 3 is 2.18 bits per heavy atom. The number of ether oxygens (including phenoxy) is 1. The molecule has 3 aromatic carbocycles. The highest BCUT2D eigenvalue weighted by Gasteiger charge is 2.39. The summed E-state index contributed by atoms with van der Waals surface area (Å²) in [4.78, 5) is 28.1. The summed E-state index contributed by atoms with van der Waals surface area (Å²) in [7, 11) is -9.16. The number of sulfonamides is 1. The number of halogens is 3. The van der Waals surface area contributed by atoms with E-state index in [1.165, 1.54) is 57.2 Å². The third-order valence-electron chi connectivity index (χ3n) is 6.84. The predicted octanol–water partition coefficient (Wildman–Crippen LogP) is 6.86. The van der Waals surface area contributed by atoms with Gasteiger partial charge in [-0.25, -0.2) is 30.6 Å². The minimum Gasteiger partial charge on any atom is -0.443 e. The molecule has 0 N–H and O–H groups in total. The molecule has 49 heavy (non-hydrogen) atoms. The topological polar surface area (TPSA) is 159 Å². The van der Waals surface area contributed by atoms with Crippen LogP contribution >= 0.6 is 11.8 Å². The molecule has 0 aliphatic heterocycles. The van der Waals surface area contributed by atoms with E-state index in [-0.39, 0.29) is 16.3 Å². The quantitative estimate of drug-likeness (QED) is 0.0904. The number of carbonyl (C=O) groups is 1. The van der Waals surface area contributed by atoms with Crippen LogP contribution in [0.5, 0.6) is 0 Å². The minimum absolute atomic E-state index is 0.00131. The molecule has 0 radical (unpaired) electrons. The molecule has 4 rings (SSSR count). The fraction of sp³-hybridized carbons (Fsp3) is 0.290. The lowest BCUT2D eigenvalue weighted by molar-refractivity contribution is -0.387. The average Bonchev–Trinajstić information content (AvgIpc) is 3.51. The van der Waals surface area contributed by atoms with Crippen LogP contribution < -0.4 is 0 Å². The molecule has 0 aliphatic carbocycles. The third kappa shape index (κ3) is 8.98. The monoisotopic (exact) mass is 740 g/mol. The number of amides is 1. The van der Waals surface area contributed by atoms with Gasteiger partial charge in [-0.15, -0.1) is 11.8 Å². The second kappa shape index (κ2) is 14.2. The van der Waals surface area contributed by atoms with Crippen LogP contribution in [0.1, 0.15) is 43.5 Å². The molecule has 18 heteroatoms. The summed E-state index contributed by atoms with van der Waals surface area (Å²) in [5, 5.41) is 11.8. The average molecular weight is 741 g/mol. The number of rotatable bonds is 11. The van der Waals surface area contributed by atoms with Gasteiger partial charge in [0, 0.05) is 35.4 Å². The molecule has 0 saturated carbocycles. The van der Waals surface area contributed by atoms with Crippen LogP contribution in [0.3, 0.4) is 0 Å². The van der Waals surface area contributed by atoms with E-state index in [0.717, 1.165) is 58.1 Å². The predicted molar refractivity (Wildman–Crippen MR) is 174 cm³/mol. The zero-order chi connectivity index (χ0) is 36.4. The van der Waals surface area contributed by atoms with Crippen molar-refractivity contribution in [2.75, 3.05) is 12.3 Å². The Balaban J connectivity index is 1.80. The minimum atomic E-state index is -4.99. The molecule has 0 fully saturated rings. The Morgan fingerprint density at radius 2 is 1.61 bits per heavy atom. The van der Waals surface area contributed by atoms with Crippen molar-refractivity contribution < 1.29 is 44.5 Å². The molecule has 1 unspecified atom stereocenters. The van der Waals surface area contributed by atoms with Gasteiger partial charge in [-0.1, -0.05) is 29.8 Å². The molecule has 1 amide bonds. The molecule has 0 bridgehead atoms. The number of hydrogen-bond acceptors (Lipinski definition) is 10. The van der Waals surface area contributed by atoms with E-state index in [0.29, 0.717) is 9.20 Å². The maximum Gasteiger partial charge on any atom is 0.424 e. The maximum atomic E-state index is 14.0. The summed E-state index contributed by atoms with van der Waals surface area (Å²) >= 11 is 0.991. The molecule has 0 saturated heterocycles. The van der Waals surface area contributed by atoms with E-state index >= 15 is 0 Å². The van der Waals surface area contributed by atoms with Crippen molar-refractivity contribution in [2.24, 2.45) is 0 Å². The van der Waals surface area contributed by atoms with Crippen molar-refractivity contribution in [3.05, 3.63) is 112 Å². The van der Waals surface area contributed by atoms with Gasteiger partial charge in [0.15, 0.2) is 4.90 Å². The number of aryl methyl sites for hydroxylation is 1. The van der Waals surface area contributed by atoms with E-state index in [2.05, 4.69) is 4.98 Å². The Labute approximate surface area is 285 Å². The highest BCUT2D eigenvalue weighted by molar-refractivity contribution is 7.99. The van der Waals surface area contributed by atoms with Crippen LogP contribution in [0, 0.1) is 17.0 Å². The van der Waals surface area contributed by atoms with Gasteiger partial charge in [0.1, 0.15) is 11.9 Å². The molecule has 262 valence electrons. The summed E-state index contributed by atoms with van der Waals surface area (Å²) in [5.41, 5.74) is -2.09. The van der Waals surface area contributed by atoms with E-state index in [1.807, 2.05) is 0 Å². The van der Waals surface area contributed by atoms with E-state index < -0.39 is 71.4 Å². The SMILES string of the molecule is Cc1ccc(S(=O)(=O)n2cnc(C(CSc3ccc(C(F)(F)F)cc3)CN(C(=O)OC(C)(C)C)S(=O)(=O)c3ccccc3[N+](=O)[O-])c2)cc1. The van der Waals surface area contributed by atoms with Crippen molar-refractivity contribution in [3.63, 3.8) is 0 Å². The number of aromatic nitrogens is 2. The molecule has 0 aliphatic rings. The number of para-hydroxylation sites is 1. The first kappa shape index (κ1) is 37.4. The second-order valence-electron chi connectivity index (χ2n) is 11.7. The summed E-state index contributed by atoms with van der Waals surface area (Å²) < 4.78 is 101. The van der Waals surface area contributed by atoms with Gasteiger partial charge in [0.25, 0.3) is 25.7 Å². The molecular formula is C31H31F3N4O8S3. The first-order chi connectivity index (χ1) is 22.7. The van der Waals surface area contributed by atoms with Crippen molar-refractivity contribution in [1.82, 2.24) is 13.3 Å². The van der Waals surface area contributed by atoms with Gasteiger partial charge in [-0.05, 0) is 70.2 Å². The standard InChI is InChI=1S/C31H31F3N4O8S3/c1-21-9-15-25(16-10-21)48(42,43)36-18-26(35-20-36)22(19-47-24-13-11-23(12-14-24)31(32,33)34)17-37(29(39)46-30(2,3)4)49(44,45)28-8-6-5-7-27(28)38(40)41/h5-16,18,20,22H,17,19H2,1-4H3. The molecule has 4 aromatic rings. The number of nitrogens with zero attached hydrogens (tertiary/aromatic N) is 4. The number of benzene rings is 3. The van der Waals surface area contributed by atoms with Crippen molar-refractivity contribution in [1.29, 1.82) is 0 Å². The summed E-state index contributed by atoms with van der Waals surface area (Å²) in [6.45, 7) is 5.49. The van der Waals surface area contributed by atoms with E-state index in [9.17, 15) is 44.9 Å². The maximum absolute atomic E-state index is 14.0. The number of nitro benzene ring substituents is 1. The molecule has 1 aromatic heterocycles. The first-order valence-electron chi connectivity index (χ1n) is 14.4. The highest BCUT2D eigenvalue weighted by Crippen LogP contribution is 2.34. The zero-order valence-electron chi connectivity index (χ0n) is 26.5. The number of imidazole rings is 1. The van der Waals surface area contributed by atoms with Crippen molar-refractivity contribution >= 4 is 43.6 Å². The Hall–Kier alpha value is -4.42. The Kier molecular flexibility index (Phi) is 10.8. The third-order valence-corrected chi connectivity index (χ3v) is 11.4. The van der Waals surface area contributed by atoms with Gasteiger partial charge in [0.05, 0.1) is 21.1 Å². The number of carbonyl (C=O) groups excluding carboxylic acids is 1. The van der Waals surface area contributed by atoms with Crippen LogP contribution in [0.2, 0.25) is 0 Å². The van der Waals surface area contributed by atoms with Gasteiger partial charge in [-0.2, -0.15) is 17.5 Å². The van der Waals surface area contributed by atoms with E-state index in [4.69, 9.17) is 4.74 Å². The molecule has 12 nitrogen and oxygen atoms in total. The normalized spacial score (nSPS) is 13.1. The van der Waals surface area contributed by atoms with Crippen LogP contribution in [0.4, 0.5) is 23.7 Å². The van der Waals surface area contributed by atoms with Gasteiger partial charge in [0.2, 0.25) is 0 Å². The van der Waals surface area contributed by atoms with Crippen LogP contribution in [-0.2, 0) is 31.0 Å².